The summed E-state index contributed by atoms with van der Waals surface area (Å²) in [5.74, 6) is -0.490. The topological polar surface area (TPSA) is 55.8 Å². The Morgan fingerprint density at radius 1 is 1.29 bits per heavy atom. The van der Waals surface area contributed by atoms with Gasteiger partial charge in [-0.1, -0.05) is 12.8 Å². The van der Waals surface area contributed by atoms with Crippen molar-refractivity contribution in [1.29, 1.82) is 0 Å². The molecule has 1 heterocycles. The van der Waals surface area contributed by atoms with Crippen LogP contribution >= 0.6 is 0 Å². The molecule has 21 heavy (non-hydrogen) atoms. The lowest BCUT2D eigenvalue weighted by Gasteiger charge is -2.44. The molecular formula is C16H27NO4. The van der Waals surface area contributed by atoms with Crippen molar-refractivity contribution in [3.63, 3.8) is 0 Å². The maximum atomic E-state index is 12.5. The van der Waals surface area contributed by atoms with Crippen molar-refractivity contribution >= 4 is 11.8 Å². The van der Waals surface area contributed by atoms with Gasteiger partial charge in [0.2, 0.25) is 0 Å². The van der Waals surface area contributed by atoms with E-state index >= 15 is 0 Å². The van der Waals surface area contributed by atoms with Crippen LogP contribution in [-0.2, 0) is 19.1 Å². The minimum Gasteiger partial charge on any atom is -0.465 e. The number of fused-ring (bicyclic) bond motifs is 1. The molecule has 0 aromatic heterocycles. The van der Waals surface area contributed by atoms with Gasteiger partial charge in [0.1, 0.15) is 5.41 Å². The number of ketones is 1. The Balaban J connectivity index is 1.99. The molecule has 1 aliphatic heterocycles. The molecule has 2 unspecified atom stereocenters. The van der Waals surface area contributed by atoms with Crippen LogP contribution < -0.4 is 0 Å². The zero-order chi connectivity index (χ0) is 15.5. The van der Waals surface area contributed by atoms with Crippen LogP contribution in [0, 0.1) is 5.41 Å². The van der Waals surface area contributed by atoms with Gasteiger partial charge >= 0.3 is 5.97 Å². The van der Waals surface area contributed by atoms with Gasteiger partial charge in [0.05, 0.1) is 25.9 Å². The highest BCUT2D eigenvalue weighted by Crippen LogP contribution is 2.29. The summed E-state index contributed by atoms with van der Waals surface area (Å²) in [6.45, 7) is 7.14. The van der Waals surface area contributed by atoms with E-state index in [-0.39, 0.29) is 11.9 Å². The SMILES string of the molecule is CCOC(=O)C(C)(C)C(=O)CN1CCOC2CCCCC21. The number of esters is 1. The van der Waals surface area contributed by atoms with Crippen LogP contribution in [0.3, 0.4) is 0 Å². The minimum atomic E-state index is -1.07. The number of rotatable bonds is 5. The highest BCUT2D eigenvalue weighted by Gasteiger charge is 2.41. The number of nitrogens with zero attached hydrogens (tertiary/aromatic N) is 1. The molecule has 2 aliphatic rings. The van der Waals surface area contributed by atoms with Crippen LogP contribution in [0.4, 0.5) is 0 Å². The van der Waals surface area contributed by atoms with Crippen LogP contribution in [0.15, 0.2) is 0 Å². The molecule has 1 aliphatic carbocycles. The average molecular weight is 297 g/mol. The Labute approximate surface area is 127 Å². The maximum absolute atomic E-state index is 12.5. The number of hydrogen-bond acceptors (Lipinski definition) is 5. The van der Waals surface area contributed by atoms with Crippen molar-refractivity contribution in [1.82, 2.24) is 4.90 Å². The summed E-state index contributed by atoms with van der Waals surface area (Å²) < 4.78 is 10.8. The second-order valence-corrected chi connectivity index (χ2v) is 6.50. The molecule has 0 radical (unpaired) electrons. The number of carbonyl (C=O) groups excluding carboxylic acids is 2. The fourth-order valence-corrected chi connectivity index (χ4v) is 3.18. The van der Waals surface area contributed by atoms with Gasteiger partial charge in [-0.15, -0.1) is 0 Å². The lowest BCUT2D eigenvalue weighted by Crippen LogP contribution is -2.55. The second-order valence-electron chi connectivity index (χ2n) is 6.50. The van der Waals surface area contributed by atoms with E-state index < -0.39 is 11.4 Å². The van der Waals surface area contributed by atoms with E-state index in [1.807, 2.05) is 0 Å². The Kier molecular flexibility index (Phi) is 5.38. The number of Topliss-reactive ketones (excluding diaryl/α,β-unsaturated/α-hetero) is 1. The standard InChI is InChI=1S/C16H27NO4/c1-4-20-15(19)16(2,3)14(18)11-17-9-10-21-13-8-6-5-7-12(13)17/h12-13H,4-11H2,1-3H3. The van der Waals surface area contributed by atoms with Crippen molar-refractivity contribution in [2.24, 2.45) is 5.41 Å². The van der Waals surface area contributed by atoms with Crippen LogP contribution in [0.25, 0.3) is 0 Å². The summed E-state index contributed by atoms with van der Waals surface area (Å²) in [4.78, 5) is 26.7. The molecule has 5 heteroatoms. The van der Waals surface area contributed by atoms with Crippen LogP contribution in [0.1, 0.15) is 46.5 Å². The first kappa shape index (κ1) is 16.4. The van der Waals surface area contributed by atoms with Crippen molar-refractivity contribution in [3.8, 4) is 0 Å². The van der Waals surface area contributed by atoms with Gasteiger partial charge in [0.25, 0.3) is 0 Å². The summed E-state index contributed by atoms with van der Waals surface area (Å²) in [6.07, 6.45) is 4.81. The molecule has 0 spiro atoms. The fraction of sp³-hybridized carbons (Fsp3) is 0.875. The molecule has 2 atom stereocenters. The molecule has 2 fully saturated rings. The normalized spacial score (nSPS) is 27.0. The average Bonchev–Trinajstić information content (AvgIpc) is 2.47. The molecule has 1 saturated heterocycles. The number of hydrogen-bond donors (Lipinski definition) is 0. The van der Waals surface area contributed by atoms with Gasteiger partial charge in [-0.25, -0.2) is 0 Å². The van der Waals surface area contributed by atoms with E-state index in [1.165, 1.54) is 12.8 Å². The van der Waals surface area contributed by atoms with Gasteiger partial charge in [0, 0.05) is 12.6 Å². The van der Waals surface area contributed by atoms with E-state index in [9.17, 15) is 9.59 Å². The van der Waals surface area contributed by atoms with E-state index in [2.05, 4.69) is 4.90 Å². The second kappa shape index (κ2) is 6.88. The third kappa shape index (κ3) is 3.64. The van der Waals surface area contributed by atoms with Gasteiger partial charge in [-0.3, -0.25) is 14.5 Å². The molecule has 0 aromatic rings. The molecule has 2 rings (SSSR count). The minimum absolute atomic E-state index is 0.0628. The highest BCUT2D eigenvalue weighted by atomic mass is 16.5. The molecular weight excluding hydrogens is 270 g/mol. The largest absolute Gasteiger partial charge is 0.465 e. The number of carbonyl (C=O) groups is 2. The van der Waals surface area contributed by atoms with Crippen molar-refractivity contribution in [2.45, 2.75) is 58.6 Å². The van der Waals surface area contributed by atoms with Gasteiger partial charge in [-0.2, -0.15) is 0 Å². The Bertz CT molecular complexity index is 392. The lowest BCUT2D eigenvalue weighted by atomic mass is 9.86. The smallest absolute Gasteiger partial charge is 0.319 e. The Morgan fingerprint density at radius 3 is 2.71 bits per heavy atom. The number of ether oxygens (including phenoxy) is 2. The van der Waals surface area contributed by atoms with Crippen molar-refractivity contribution in [3.05, 3.63) is 0 Å². The third-order valence-corrected chi connectivity index (χ3v) is 4.68. The highest BCUT2D eigenvalue weighted by molar-refractivity contribution is 6.03. The van der Waals surface area contributed by atoms with Gasteiger partial charge in [-0.05, 0) is 33.6 Å². The van der Waals surface area contributed by atoms with E-state index in [0.29, 0.717) is 25.8 Å². The predicted molar refractivity (Wildman–Crippen MR) is 79.0 cm³/mol. The van der Waals surface area contributed by atoms with E-state index in [0.717, 1.165) is 19.4 Å². The summed E-state index contributed by atoms with van der Waals surface area (Å²) in [7, 11) is 0. The quantitative estimate of drug-likeness (QED) is 0.572. The molecule has 0 aromatic carbocycles. The summed E-state index contributed by atoms with van der Waals surface area (Å²) in [6, 6.07) is 0.328. The Morgan fingerprint density at radius 2 is 2.00 bits per heavy atom. The zero-order valence-electron chi connectivity index (χ0n) is 13.4. The van der Waals surface area contributed by atoms with E-state index in [4.69, 9.17) is 9.47 Å². The molecule has 120 valence electrons. The van der Waals surface area contributed by atoms with Gasteiger partial charge < -0.3 is 9.47 Å². The van der Waals surface area contributed by atoms with Crippen LogP contribution in [0.2, 0.25) is 0 Å². The molecule has 0 amide bonds. The van der Waals surface area contributed by atoms with Crippen molar-refractivity contribution < 1.29 is 19.1 Å². The van der Waals surface area contributed by atoms with Gasteiger partial charge in [0.15, 0.2) is 5.78 Å². The summed E-state index contributed by atoms with van der Waals surface area (Å²) in [5.41, 5.74) is -1.07. The first-order valence-electron chi connectivity index (χ1n) is 8.03. The zero-order valence-corrected chi connectivity index (χ0v) is 13.4. The maximum Gasteiger partial charge on any atom is 0.319 e. The molecule has 1 saturated carbocycles. The predicted octanol–water partition coefficient (Wildman–Crippen LogP) is 1.79. The first-order valence-corrected chi connectivity index (χ1v) is 8.03. The van der Waals surface area contributed by atoms with Crippen LogP contribution in [0.5, 0.6) is 0 Å². The van der Waals surface area contributed by atoms with Crippen molar-refractivity contribution in [2.75, 3.05) is 26.3 Å². The van der Waals surface area contributed by atoms with Crippen LogP contribution in [-0.4, -0.2) is 55.1 Å². The molecule has 0 bridgehead atoms. The van der Waals surface area contributed by atoms with E-state index in [1.54, 1.807) is 20.8 Å². The summed E-state index contributed by atoms with van der Waals surface area (Å²) >= 11 is 0. The number of morpholine rings is 1. The lowest BCUT2D eigenvalue weighted by molar-refractivity contribution is -0.159. The molecule has 5 nitrogen and oxygen atoms in total. The monoisotopic (exact) mass is 297 g/mol. The Hall–Kier alpha value is -0.940. The third-order valence-electron chi connectivity index (χ3n) is 4.68. The fourth-order valence-electron chi connectivity index (χ4n) is 3.18. The first-order chi connectivity index (χ1) is 9.96. The summed E-state index contributed by atoms with van der Waals surface area (Å²) in [5, 5.41) is 0. The molecule has 0 N–H and O–H groups in total.